The summed E-state index contributed by atoms with van der Waals surface area (Å²) in [6.07, 6.45) is 1.84. The van der Waals surface area contributed by atoms with Crippen molar-refractivity contribution in [1.82, 2.24) is 4.31 Å². The summed E-state index contributed by atoms with van der Waals surface area (Å²) >= 11 is 0. The fourth-order valence-corrected chi connectivity index (χ4v) is 5.68. The van der Waals surface area contributed by atoms with Gasteiger partial charge in [-0.05, 0) is 37.8 Å². The van der Waals surface area contributed by atoms with E-state index in [1.165, 1.54) is 4.31 Å². The minimum atomic E-state index is -3.60. The molecular weight excluding hydrogens is 278 g/mol. The Morgan fingerprint density at radius 2 is 2.00 bits per heavy atom. The number of nitrogens with zero attached hydrogens (tertiary/aromatic N) is 1. The number of rotatable bonds is 3. The predicted molar refractivity (Wildman–Crippen MR) is 72.8 cm³/mol. The molecule has 2 heterocycles. The van der Waals surface area contributed by atoms with Gasteiger partial charge >= 0.3 is 5.97 Å². The maximum absolute atomic E-state index is 12.8. The maximum atomic E-state index is 12.8. The van der Waals surface area contributed by atoms with Crippen LogP contribution in [0.2, 0.25) is 0 Å². The Morgan fingerprint density at radius 1 is 1.30 bits per heavy atom. The van der Waals surface area contributed by atoms with E-state index in [1.807, 2.05) is 0 Å². The lowest BCUT2D eigenvalue weighted by molar-refractivity contribution is -0.142. The van der Waals surface area contributed by atoms with Gasteiger partial charge in [0.1, 0.15) is 0 Å². The number of hydrogen-bond acceptors (Lipinski definition) is 3. The van der Waals surface area contributed by atoms with Crippen LogP contribution in [-0.2, 0) is 14.8 Å². The zero-order chi connectivity index (χ0) is 14.5. The number of carboxylic acid groups (broad SMARTS) is 1. The average Bonchev–Trinajstić information content (AvgIpc) is 2.97. The molecule has 5 nitrogen and oxygen atoms in total. The van der Waals surface area contributed by atoms with Gasteiger partial charge in [-0.25, -0.2) is 8.42 Å². The number of sulfonamides is 1. The Kier molecular flexibility index (Phi) is 3.10. The number of carbonyl (C=O) groups is 1. The van der Waals surface area contributed by atoms with Crippen LogP contribution in [0, 0.1) is 12.8 Å². The molecule has 3 rings (SSSR count). The summed E-state index contributed by atoms with van der Waals surface area (Å²) < 4.78 is 27.1. The summed E-state index contributed by atoms with van der Waals surface area (Å²) in [6, 6.07) is 6.31. The average molecular weight is 295 g/mol. The standard InChI is InChI=1S/C14H17NO4S/c1-9-4-2-3-5-13(9)20(18,19)15-10-6-7-12(15)11(8-10)14(16)17/h2-5,10-12H,6-8H2,1H3,(H,16,17). The summed E-state index contributed by atoms with van der Waals surface area (Å²) in [6.45, 7) is 1.76. The predicted octanol–water partition coefficient (Wildman–Crippen LogP) is 1.62. The molecule has 1 aromatic carbocycles. The monoisotopic (exact) mass is 295 g/mol. The number of aryl methyl sites for hydroxylation is 1. The number of benzene rings is 1. The first-order chi connectivity index (χ1) is 9.43. The van der Waals surface area contributed by atoms with Crippen molar-refractivity contribution in [2.75, 3.05) is 0 Å². The molecule has 0 aliphatic carbocycles. The summed E-state index contributed by atoms with van der Waals surface area (Å²) in [4.78, 5) is 11.5. The molecule has 0 spiro atoms. The molecule has 3 atom stereocenters. The minimum Gasteiger partial charge on any atom is -0.481 e. The number of hydrogen-bond donors (Lipinski definition) is 1. The van der Waals surface area contributed by atoms with Gasteiger partial charge < -0.3 is 5.11 Å². The van der Waals surface area contributed by atoms with Gasteiger partial charge in [0, 0.05) is 12.1 Å². The van der Waals surface area contributed by atoms with Crippen LogP contribution in [0.15, 0.2) is 29.2 Å². The molecule has 0 amide bonds. The maximum Gasteiger partial charge on any atom is 0.308 e. The second kappa shape index (κ2) is 4.56. The van der Waals surface area contributed by atoms with E-state index in [0.717, 1.165) is 6.42 Å². The molecule has 0 saturated carbocycles. The first kappa shape index (κ1) is 13.6. The Morgan fingerprint density at radius 3 is 2.60 bits per heavy atom. The molecule has 6 heteroatoms. The zero-order valence-corrected chi connectivity index (χ0v) is 12.0. The van der Waals surface area contributed by atoms with E-state index in [9.17, 15) is 18.3 Å². The quantitative estimate of drug-likeness (QED) is 0.919. The van der Waals surface area contributed by atoms with E-state index in [1.54, 1.807) is 31.2 Å². The Bertz CT molecular complexity index is 655. The molecule has 1 aromatic rings. The molecule has 2 aliphatic heterocycles. The molecule has 2 saturated heterocycles. The number of carboxylic acids is 1. The van der Waals surface area contributed by atoms with Crippen molar-refractivity contribution in [3.8, 4) is 0 Å². The largest absolute Gasteiger partial charge is 0.481 e. The summed E-state index contributed by atoms with van der Waals surface area (Å²) in [5.74, 6) is -1.45. The number of aliphatic carboxylic acids is 1. The highest BCUT2D eigenvalue weighted by Gasteiger charge is 2.54. The van der Waals surface area contributed by atoms with Crippen molar-refractivity contribution in [2.45, 2.75) is 43.2 Å². The lowest BCUT2D eigenvalue weighted by Crippen LogP contribution is -2.38. The van der Waals surface area contributed by atoms with Gasteiger partial charge in [-0.15, -0.1) is 0 Å². The molecule has 1 N–H and O–H groups in total. The molecular formula is C14H17NO4S. The molecule has 2 bridgehead atoms. The smallest absolute Gasteiger partial charge is 0.308 e. The molecule has 20 heavy (non-hydrogen) atoms. The van der Waals surface area contributed by atoms with Gasteiger partial charge in [-0.1, -0.05) is 18.2 Å². The van der Waals surface area contributed by atoms with Crippen LogP contribution in [0.5, 0.6) is 0 Å². The first-order valence-electron chi connectivity index (χ1n) is 6.75. The highest BCUT2D eigenvalue weighted by Crippen LogP contribution is 2.45. The second-order valence-corrected chi connectivity index (χ2v) is 7.39. The number of fused-ring (bicyclic) bond motifs is 2. The zero-order valence-electron chi connectivity index (χ0n) is 11.2. The van der Waals surface area contributed by atoms with E-state index in [2.05, 4.69) is 0 Å². The summed E-state index contributed by atoms with van der Waals surface area (Å²) in [7, 11) is -3.60. The van der Waals surface area contributed by atoms with Crippen LogP contribution >= 0.6 is 0 Å². The third-order valence-corrected chi connectivity index (χ3v) is 6.58. The Labute approximate surface area is 118 Å². The van der Waals surface area contributed by atoms with Crippen molar-refractivity contribution >= 4 is 16.0 Å². The molecule has 2 fully saturated rings. The van der Waals surface area contributed by atoms with Gasteiger partial charge in [-0.2, -0.15) is 4.31 Å². The Balaban J connectivity index is 2.02. The van der Waals surface area contributed by atoms with Gasteiger partial charge in [0.2, 0.25) is 10.0 Å². The minimum absolute atomic E-state index is 0.161. The van der Waals surface area contributed by atoms with E-state index in [4.69, 9.17) is 0 Å². The third-order valence-electron chi connectivity index (χ3n) is 4.44. The van der Waals surface area contributed by atoms with Crippen LogP contribution in [0.3, 0.4) is 0 Å². The van der Waals surface area contributed by atoms with Crippen LogP contribution < -0.4 is 0 Å². The SMILES string of the molecule is Cc1ccccc1S(=O)(=O)N1C2CCC1C(C(=O)O)C2. The van der Waals surface area contributed by atoms with E-state index < -0.39 is 21.9 Å². The highest BCUT2D eigenvalue weighted by molar-refractivity contribution is 7.89. The van der Waals surface area contributed by atoms with Gasteiger partial charge in [0.25, 0.3) is 0 Å². The van der Waals surface area contributed by atoms with E-state index in [0.29, 0.717) is 23.3 Å². The Hall–Kier alpha value is -1.40. The molecule has 3 unspecified atom stereocenters. The lowest BCUT2D eigenvalue weighted by Gasteiger charge is -2.23. The second-order valence-electron chi connectivity index (χ2n) is 5.58. The van der Waals surface area contributed by atoms with Crippen molar-refractivity contribution in [3.63, 3.8) is 0 Å². The van der Waals surface area contributed by atoms with Gasteiger partial charge in [-0.3, -0.25) is 4.79 Å². The lowest BCUT2D eigenvalue weighted by atomic mass is 9.89. The topological polar surface area (TPSA) is 74.7 Å². The molecule has 0 radical (unpaired) electrons. The normalized spacial score (nSPS) is 29.8. The van der Waals surface area contributed by atoms with Crippen LogP contribution in [0.25, 0.3) is 0 Å². The third kappa shape index (κ3) is 1.86. The van der Waals surface area contributed by atoms with Crippen molar-refractivity contribution in [2.24, 2.45) is 5.92 Å². The first-order valence-corrected chi connectivity index (χ1v) is 8.19. The molecule has 0 aromatic heterocycles. The molecule has 2 aliphatic rings. The van der Waals surface area contributed by atoms with Crippen molar-refractivity contribution in [3.05, 3.63) is 29.8 Å². The van der Waals surface area contributed by atoms with E-state index in [-0.39, 0.29) is 12.1 Å². The fourth-order valence-electron chi connectivity index (χ4n) is 3.54. The van der Waals surface area contributed by atoms with Gasteiger partial charge in [0.05, 0.1) is 10.8 Å². The summed E-state index contributed by atoms with van der Waals surface area (Å²) in [5, 5.41) is 9.22. The van der Waals surface area contributed by atoms with Crippen LogP contribution in [-0.4, -0.2) is 35.9 Å². The van der Waals surface area contributed by atoms with Crippen LogP contribution in [0.4, 0.5) is 0 Å². The van der Waals surface area contributed by atoms with Crippen LogP contribution in [0.1, 0.15) is 24.8 Å². The van der Waals surface area contributed by atoms with Gasteiger partial charge in [0.15, 0.2) is 0 Å². The summed E-state index contributed by atoms with van der Waals surface area (Å²) in [5.41, 5.74) is 0.700. The molecule has 108 valence electrons. The van der Waals surface area contributed by atoms with Crippen molar-refractivity contribution in [1.29, 1.82) is 0 Å². The van der Waals surface area contributed by atoms with E-state index >= 15 is 0 Å². The van der Waals surface area contributed by atoms with Crippen molar-refractivity contribution < 1.29 is 18.3 Å². The highest BCUT2D eigenvalue weighted by atomic mass is 32.2. The fraction of sp³-hybridized carbons (Fsp3) is 0.500.